The lowest BCUT2D eigenvalue weighted by molar-refractivity contribution is 0.0899. The van der Waals surface area contributed by atoms with E-state index in [-0.39, 0.29) is 30.2 Å². The minimum Gasteiger partial charge on any atom is -0.494 e. The van der Waals surface area contributed by atoms with E-state index in [1.54, 1.807) is 0 Å². The van der Waals surface area contributed by atoms with E-state index in [2.05, 4.69) is 5.32 Å². The van der Waals surface area contributed by atoms with Crippen LogP contribution in [0.4, 0.5) is 4.39 Å². The summed E-state index contributed by atoms with van der Waals surface area (Å²) in [5.74, 6) is -0.587. The molecule has 2 atom stereocenters. The maximum atomic E-state index is 13.4. The summed E-state index contributed by atoms with van der Waals surface area (Å²) in [6.45, 7) is 0.0810. The third kappa shape index (κ3) is 3.94. The number of nitrogens with one attached hydrogen (secondary N) is 1. The molecule has 0 aliphatic heterocycles. The second-order valence-corrected chi connectivity index (χ2v) is 5.51. The Labute approximate surface area is 124 Å². The van der Waals surface area contributed by atoms with Crippen molar-refractivity contribution in [2.45, 2.75) is 38.1 Å². The monoisotopic (exact) mass is 295 g/mol. The zero-order valence-electron chi connectivity index (χ0n) is 12.3. The molecule has 116 valence electrons. The van der Waals surface area contributed by atoms with Crippen LogP contribution in [0.2, 0.25) is 0 Å². The number of rotatable bonds is 4. The summed E-state index contributed by atoms with van der Waals surface area (Å²) in [7, 11) is 1.37. The van der Waals surface area contributed by atoms with E-state index >= 15 is 0 Å². The van der Waals surface area contributed by atoms with Crippen LogP contribution in [0.3, 0.4) is 0 Å². The lowest BCUT2D eigenvalue weighted by atomic mass is 9.95. The summed E-state index contributed by atoms with van der Waals surface area (Å²) in [4.78, 5) is 12.3. The molecule has 0 aromatic heterocycles. The highest BCUT2D eigenvalue weighted by Gasteiger charge is 2.25. The molecule has 1 saturated carbocycles. The fourth-order valence-corrected chi connectivity index (χ4v) is 2.85. The average Bonchev–Trinajstić information content (AvgIpc) is 2.72. The number of aliphatic hydroxyl groups excluding tert-OH is 1. The Bertz CT molecular complexity index is 492. The molecule has 1 fully saturated rings. The predicted molar refractivity (Wildman–Crippen MR) is 77.9 cm³/mol. The summed E-state index contributed by atoms with van der Waals surface area (Å²) >= 11 is 0. The molecule has 1 aromatic rings. The fraction of sp³-hybridized carbons (Fsp3) is 0.562. The van der Waals surface area contributed by atoms with Crippen molar-refractivity contribution >= 4 is 5.91 Å². The van der Waals surface area contributed by atoms with E-state index in [1.807, 2.05) is 0 Å². The Morgan fingerprint density at radius 3 is 2.86 bits per heavy atom. The number of hydrogen-bond acceptors (Lipinski definition) is 3. The normalized spacial score (nSPS) is 22.4. The van der Waals surface area contributed by atoms with Crippen LogP contribution < -0.4 is 10.1 Å². The van der Waals surface area contributed by atoms with E-state index in [1.165, 1.54) is 25.3 Å². The molecular weight excluding hydrogens is 273 g/mol. The van der Waals surface area contributed by atoms with E-state index in [0.29, 0.717) is 5.56 Å². The number of benzene rings is 1. The van der Waals surface area contributed by atoms with Gasteiger partial charge in [0.2, 0.25) is 0 Å². The van der Waals surface area contributed by atoms with Crippen molar-refractivity contribution in [2.24, 2.45) is 5.92 Å². The molecule has 0 radical (unpaired) electrons. The molecule has 5 heteroatoms. The smallest absolute Gasteiger partial charge is 0.251 e. The van der Waals surface area contributed by atoms with E-state index in [0.717, 1.165) is 32.1 Å². The van der Waals surface area contributed by atoms with Gasteiger partial charge in [-0.05, 0) is 31.0 Å². The van der Waals surface area contributed by atoms with Gasteiger partial charge in [0.15, 0.2) is 11.6 Å². The standard InChI is InChI=1S/C16H22FNO3/c1-21-15-9-11(7-8-13(15)17)16(20)18-14-6-4-2-3-5-12(14)10-19/h7-9,12,14,19H,2-6,10H2,1H3,(H,18,20)/t12-,14-/m0/s1. The molecule has 4 nitrogen and oxygen atoms in total. The summed E-state index contributed by atoms with van der Waals surface area (Å²) in [5, 5.41) is 12.4. The van der Waals surface area contributed by atoms with Crippen LogP contribution in [0.15, 0.2) is 18.2 Å². The number of hydrogen-bond donors (Lipinski definition) is 2. The van der Waals surface area contributed by atoms with Gasteiger partial charge in [-0.2, -0.15) is 0 Å². The number of ether oxygens (including phenoxy) is 1. The fourth-order valence-electron chi connectivity index (χ4n) is 2.85. The number of aliphatic hydroxyl groups is 1. The first-order valence-electron chi connectivity index (χ1n) is 7.41. The number of methoxy groups -OCH3 is 1. The third-order valence-electron chi connectivity index (χ3n) is 4.12. The quantitative estimate of drug-likeness (QED) is 0.839. The van der Waals surface area contributed by atoms with Gasteiger partial charge in [0, 0.05) is 24.1 Å². The van der Waals surface area contributed by atoms with Crippen molar-refractivity contribution < 1.29 is 19.0 Å². The Kier molecular flexibility index (Phi) is 5.56. The number of carbonyl (C=O) groups excluding carboxylic acids is 1. The van der Waals surface area contributed by atoms with Crippen LogP contribution in [0.25, 0.3) is 0 Å². The first-order valence-corrected chi connectivity index (χ1v) is 7.41. The highest BCUT2D eigenvalue weighted by molar-refractivity contribution is 5.94. The number of carbonyl (C=O) groups is 1. The molecule has 2 N–H and O–H groups in total. The Hall–Kier alpha value is -1.62. The maximum Gasteiger partial charge on any atom is 0.251 e. The van der Waals surface area contributed by atoms with Crippen LogP contribution in [0, 0.1) is 11.7 Å². The topological polar surface area (TPSA) is 58.6 Å². The van der Waals surface area contributed by atoms with E-state index in [4.69, 9.17) is 4.74 Å². The number of amides is 1. The van der Waals surface area contributed by atoms with Gasteiger partial charge in [0.1, 0.15) is 0 Å². The average molecular weight is 295 g/mol. The molecule has 1 aliphatic carbocycles. The van der Waals surface area contributed by atoms with Gasteiger partial charge >= 0.3 is 0 Å². The highest BCUT2D eigenvalue weighted by atomic mass is 19.1. The molecule has 1 amide bonds. The molecule has 0 saturated heterocycles. The van der Waals surface area contributed by atoms with Crippen molar-refractivity contribution in [3.8, 4) is 5.75 Å². The van der Waals surface area contributed by atoms with Gasteiger partial charge in [-0.25, -0.2) is 4.39 Å². The molecule has 2 rings (SSSR count). The second-order valence-electron chi connectivity index (χ2n) is 5.51. The Balaban J connectivity index is 2.08. The summed E-state index contributed by atoms with van der Waals surface area (Å²) in [5.41, 5.74) is 0.370. The van der Waals surface area contributed by atoms with Gasteiger partial charge in [-0.1, -0.05) is 19.3 Å². The van der Waals surface area contributed by atoms with Gasteiger partial charge in [-0.15, -0.1) is 0 Å². The van der Waals surface area contributed by atoms with Gasteiger partial charge < -0.3 is 15.2 Å². The Morgan fingerprint density at radius 2 is 2.14 bits per heavy atom. The van der Waals surface area contributed by atoms with Gasteiger partial charge in [-0.3, -0.25) is 4.79 Å². The van der Waals surface area contributed by atoms with Crippen LogP contribution in [0.5, 0.6) is 5.75 Å². The van der Waals surface area contributed by atoms with Crippen molar-refractivity contribution in [1.82, 2.24) is 5.32 Å². The highest BCUT2D eigenvalue weighted by Crippen LogP contribution is 2.24. The zero-order chi connectivity index (χ0) is 15.2. The second kappa shape index (κ2) is 7.41. The SMILES string of the molecule is COc1cc(C(=O)N[C@H]2CCCCC[C@H]2CO)ccc1F. The van der Waals surface area contributed by atoms with Crippen molar-refractivity contribution in [3.63, 3.8) is 0 Å². The molecule has 0 heterocycles. The van der Waals surface area contributed by atoms with Crippen molar-refractivity contribution in [1.29, 1.82) is 0 Å². The molecule has 0 bridgehead atoms. The minimum atomic E-state index is -0.489. The van der Waals surface area contributed by atoms with E-state index in [9.17, 15) is 14.3 Å². The van der Waals surface area contributed by atoms with Crippen LogP contribution in [0.1, 0.15) is 42.5 Å². The van der Waals surface area contributed by atoms with Gasteiger partial charge in [0.25, 0.3) is 5.91 Å². The lowest BCUT2D eigenvalue weighted by Crippen LogP contribution is -2.41. The summed E-state index contributed by atoms with van der Waals surface area (Å²) < 4.78 is 18.3. The zero-order valence-corrected chi connectivity index (χ0v) is 12.3. The lowest BCUT2D eigenvalue weighted by Gasteiger charge is -2.24. The number of halogens is 1. The van der Waals surface area contributed by atoms with Crippen LogP contribution in [-0.4, -0.2) is 30.8 Å². The van der Waals surface area contributed by atoms with Crippen LogP contribution in [-0.2, 0) is 0 Å². The molecule has 0 unspecified atom stereocenters. The summed E-state index contributed by atoms with van der Waals surface area (Å²) in [6.07, 6.45) is 5.06. The first-order chi connectivity index (χ1) is 10.2. The first kappa shape index (κ1) is 15.8. The van der Waals surface area contributed by atoms with Gasteiger partial charge in [0.05, 0.1) is 7.11 Å². The largest absolute Gasteiger partial charge is 0.494 e. The minimum absolute atomic E-state index is 0.0268. The summed E-state index contributed by atoms with van der Waals surface area (Å²) in [6, 6.07) is 4.04. The van der Waals surface area contributed by atoms with Crippen LogP contribution >= 0.6 is 0 Å². The molecule has 1 aliphatic rings. The predicted octanol–water partition coefficient (Wildman–Crippen LogP) is 2.51. The molecule has 1 aromatic carbocycles. The van der Waals surface area contributed by atoms with E-state index < -0.39 is 5.82 Å². The van der Waals surface area contributed by atoms with Crippen molar-refractivity contribution in [3.05, 3.63) is 29.6 Å². The Morgan fingerprint density at radius 1 is 1.38 bits per heavy atom. The molecular formula is C16H22FNO3. The third-order valence-corrected chi connectivity index (χ3v) is 4.12. The maximum absolute atomic E-state index is 13.4. The molecule has 0 spiro atoms. The molecule has 21 heavy (non-hydrogen) atoms. The van der Waals surface area contributed by atoms with Crippen molar-refractivity contribution in [2.75, 3.05) is 13.7 Å².